The molecule has 1 aromatic heterocycles. The summed E-state index contributed by atoms with van der Waals surface area (Å²) >= 11 is 0. The molecule has 0 bridgehead atoms. The highest BCUT2D eigenvalue weighted by molar-refractivity contribution is 6.01. The van der Waals surface area contributed by atoms with Gasteiger partial charge in [0.05, 0.1) is 17.8 Å². The van der Waals surface area contributed by atoms with Crippen LogP contribution in [0.3, 0.4) is 0 Å². The minimum absolute atomic E-state index is 0.0544. The first kappa shape index (κ1) is 21.3. The van der Waals surface area contributed by atoms with Crippen molar-refractivity contribution < 1.29 is 5.11 Å². The van der Waals surface area contributed by atoms with Gasteiger partial charge in [-0.15, -0.1) is 0 Å². The van der Waals surface area contributed by atoms with Gasteiger partial charge in [0.1, 0.15) is 0 Å². The van der Waals surface area contributed by atoms with Crippen LogP contribution in [0.4, 0.5) is 0 Å². The molecule has 5 nitrogen and oxygen atoms in total. The van der Waals surface area contributed by atoms with Crippen LogP contribution in [-0.2, 0) is 0 Å². The van der Waals surface area contributed by atoms with E-state index in [-0.39, 0.29) is 11.4 Å². The lowest BCUT2D eigenvalue weighted by atomic mass is 10.0. The molecule has 1 aliphatic rings. The Hall–Kier alpha value is -2.92. The summed E-state index contributed by atoms with van der Waals surface area (Å²) < 4.78 is 1.45. The van der Waals surface area contributed by atoms with Gasteiger partial charge in [-0.25, -0.2) is 4.57 Å². The molecule has 0 spiro atoms. The molecule has 1 saturated heterocycles. The number of rotatable bonds is 5. The molecule has 0 aliphatic carbocycles. The molecule has 0 amide bonds. The predicted molar refractivity (Wildman–Crippen MR) is 128 cm³/mol. The van der Waals surface area contributed by atoms with Crippen molar-refractivity contribution in [2.75, 3.05) is 19.6 Å². The Morgan fingerprint density at radius 1 is 1.13 bits per heavy atom. The molecule has 2 aromatic carbocycles. The van der Waals surface area contributed by atoms with Crippen LogP contribution in [0.5, 0.6) is 5.88 Å². The van der Waals surface area contributed by atoms with E-state index in [0.717, 1.165) is 47.3 Å². The van der Waals surface area contributed by atoms with Crippen molar-refractivity contribution in [1.29, 1.82) is 0 Å². The fourth-order valence-electron chi connectivity index (χ4n) is 5.01. The zero-order valence-electron chi connectivity index (χ0n) is 18.9. The third-order valence-electron chi connectivity index (χ3n) is 6.40. The van der Waals surface area contributed by atoms with E-state index < -0.39 is 0 Å². The van der Waals surface area contributed by atoms with Crippen molar-refractivity contribution in [3.8, 4) is 11.6 Å². The van der Waals surface area contributed by atoms with Gasteiger partial charge in [0.2, 0.25) is 5.88 Å². The summed E-state index contributed by atoms with van der Waals surface area (Å²) in [7, 11) is 0. The van der Waals surface area contributed by atoms with Gasteiger partial charge in [0.15, 0.2) is 0 Å². The Bertz CT molecular complexity index is 1190. The van der Waals surface area contributed by atoms with Crippen LogP contribution >= 0.6 is 0 Å². The second-order valence-electron chi connectivity index (χ2n) is 8.59. The Morgan fingerprint density at radius 2 is 1.81 bits per heavy atom. The van der Waals surface area contributed by atoms with Gasteiger partial charge in [0.25, 0.3) is 5.56 Å². The molecule has 0 saturated carbocycles. The van der Waals surface area contributed by atoms with Gasteiger partial charge in [-0.1, -0.05) is 42.8 Å². The highest BCUT2D eigenvalue weighted by atomic mass is 16.3. The summed E-state index contributed by atoms with van der Waals surface area (Å²) in [6, 6.07) is 12.0. The molecule has 162 valence electrons. The molecule has 0 radical (unpaired) electrons. The van der Waals surface area contributed by atoms with Gasteiger partial charge in [-0.3, -0.25) is 14.7 Å². The van der Waals surface area contributed by atoms with Crippen LogP contribution in [0, 0.1) is 20.8 Å². The maximum absolute atomic E-state index is 13.4. The van der Waals surface area contributed by atoms with E-state index in [1.54, 1.807) is 6.21 Å². The second-order valence-corrected chi connectivity index (χ2v) is 8.59. The van der Waals surface area contributed by atoms with Crippen LogP contribution in [0.25, 0.3) is 16.5 Å². The van der Waals surface area contributed by atoms with E-state index in [4.69, 9.17) is 4.99 Å². The van der Waals surface area contributed by atoms with E-state index in [1.165, 1.54) is 11.0 Å². The maximum atomic E-state index is 13.4. The molecule has 1 unspecified atom stereocenters. The van der Waals surface area contributed by atoms with Crippen molar-refractivity contribution in [1.82, 2.24) is 9.47 Å². The summed E-state index contributed by atoms with van der Waals surface area (Å²) in [5.74, 6) is -0.0544. The number of nitrogens with zero attached hydrogens (tertiary/aromatic N) is 3. The smallest absolute Gasteiger partial charge is 0.265 e. The van der Waals surface area contributed by atoms with Crippen molar-refractivity contribution >= 4 is 17.0 Å². The summed E-state index contributed by atoms with van der Waals surface area (Å²) in [5, 5.41) is 12.6. The lowest BCUT2D eigenvalue weighted by Gasteiger charge is -2.21. The van der Waals surface area contributed by atoms with Crippen LogP contribution in [0.15, 0.2) is 46.2 Å². The lowest BCUT2D eigenvalue weighted by Crippen LogP contribution is -2.31. The number of aliphatic imine (C=N–C) groups is 1. The number of benzene rings is 2. The van der Waals surface area contributed by atoms with Crippen LogP contribution < -0.4 is 5.56 Å². The number of hydrogen-bond donors (Lipinski definition) is 1. The van der Waals surface area contributed by atoms with Crippen molar-refractivity contribution in [3.63, 3.8) is 0 Å². The second kappa shape index (κ2) is 8.67. The first-order chi connectivity index (χ1) is 14.9. The maximum Gasteiger partial charge on any atom is 0.265 e. The largest absolute Gasteiger partial charge is 0.494 e. The van der Waals surface area contributed by atoms with Crippen LogP contribution in [-0.4, -0.2) is 46.5 Å². The summed E-state index contributed by atoms with van der Waals surface area (Å²) in [5.41, 5.74) is 4.16. The average molecular weight is 418 g/mol. The number of hydrogen-bond acceptors (Lipinski definition) is 4. The number of likely N-dealkylation sites (N-methyl/N-ethyl adjacent to an activating group) is 1. The zero-order chi connectivity index (χ0) is 22.1. The number of aryl methyl sites for hydroxylation is 3. The molecule has 1 fully saturated rings. The van der Waals surface area contributed by atoms with E-state index >= 15 is 0 Å². The quantitative estimate of drug-likeness (QED) is 0.621. The summed E-state index contributed by atoms with van der Waals surface area (Å²) in [4.78, 5) is 20.6. The molecule has 4 rings (SSSR count). The molecule has 1 aliphatic heterocycles. The fraction of sp³-hybridized carbons (Fsp3) is 0.385. The zero-order valence-corrected chi connectivity index (χ0v) is 18.9. The Kier molecular flexibility index (Phi) is 5.96. The average Bonchev–Trinajstić information content (AvgIpc) is 3.19. The monoisotopic (exact) mass is 417 g/mol. The van der Waals surface area contributed by atoms with Gasteiger partial charge >= 0.3 is 0 Å². The van der Waals surface area contributed by atoms with Crippen molar-refractivity contribution in [2.45, 2.75) is 46.6 Å². The molecular formula is C26H31N3O2. The van der Waals surface area contributed by atoms with E-state index in [2.05, 4.69) is 11.8 Å². The number of likely N-dealkylation sites (tertiary alicyclic amines) is 1. The van der Waals surface area contributed by atoms with Gasteiger partial charge in [-0.05, 0) is 63.9 Å². The van der Waals surface area contributed by atoms with Crippen molar-refractivity contribution in [3.05, 3.63) is 69.0 Å². The third-order valence-corrected chi connectivity index (χ3v) is 6.40. The Balaban J connectivity index is 1.86. The summed E-state index contributed by atoms with van der Waals surface area (Å²) in [6.45, 7) is 11.0. The van der Waals surface area contributed by atoms with E-state index in [1.807, 2.05) is 57.2 Å². The van der Waals surface area contributed by atoms with Gasteiger partial charge in [0, 0.05) is 23.0 Å². The lowest BCUT2D eigenvalue weighted by molar-refractivity contribution is 0.273. The summed E-state index contributed by atoms with van der Waals surface area (Å²) in [6.07, 6.45) is 4.11. The van der Waals surface area contributed by atoms with Crippen molar-refractivity contribution in [2.24, 2.45) is 4.99 Å². The highest BCUT2D eigenvalue weighted by Gasteiger charge is 2.23. The van der Waals surface area contributed by atoms with E-state index in [9.17, 15) is 9.90 Å². The molecule has 1 atom stereocenters. The predicted octanol–water partition coefficient (Wildman–Crippen LogP) is 4.52. The molecular weight excluding hydrogens is 386 g/mol. The fourth-order valence-corrected chi connectivity index (χ4v) is 5.01. The number of pyridine rings is 1. The molecule has 31 heavy (non-hydrogen) atoms. The number of fused-ring (bicyclic) bond motifs is 1. The topological polar surface area (TPSA) is 57.8 Å². The first-order valence-electron chi connectivity index (χ1n) is 11.1. The minimum atomic E-state index is -0.215. The SMILES string of the molecule is CCN1CCCC1CN=Cc1c(O)n(-c2c(C)cc(C)cc2C)c(=O)c2ccccc12. The molecule has 1 N–H and O–H groups in total. The highest BCUT2D eigenvalue weighted by Crippen LogP contribution is 2.29. The minimum Gasteiger partial charge on any atom is -0.494 e. The standard InChI is InChI=1S/C26H31N3O2/c1-5-28-12-8-9-20(28)15-27-16-23-21-10-6-7-11-22(21)25(30)29(26(23)31)24-18(3)13-17(2)14-19(24)4/h6-7,10-11,13-14,16,20,31H,5,8-9,12,15H2,1-4H3. The Morgan fingerprint density at radius 3 is 2.48 bits per heavy atom. The molecule has 5 heteroatoms. The normalized spacial score (nSPS) is 17.2. The number of aromatic nitrogens is 1. The molecule has 2 heterocycles. The van der Waals surface area contributed by atoms with Gasteiger partial charge < -0.3 is 5.11 Å². The van der Waals surface area contributed by atoms with Gasteiger partial charge in [-0.2, -0.15) is 0 Å². The first-order valence-corrected chi connectivity index (χ1v) is 11.1. The van der Waals surface area contributed by atoms with Crippen LogP contribution in [0.1, 0.15) is 42.0 Å². The van der Waals surface area contributed by atoms with E-state index in [0.29, 0.717) is 23.5 Å². The third kappa shape index (κ3) is 3.90. The molecule has 3 aromatic rings. The number of aromatic hydroxyl groups is 1. The van der Waals surface area contributed by atoms with Crippen LogP contribution in [0.2, 0.25) is 0 Å². The Labute approximate surface area is 183 Å².